The number of ether oxygens (including phenoxy) is 1. The lowest BCUT2D eigenvalue weighted by atomic mass is 9.98. The number of sulfone groups is 1. The van der Waals surface area contributed by atoms with Crippen LogP contribution < -0.4 is 4.74 Å². The molecule has 0 aliphatic carbocycles. The average Bonchev–Trinajstić information content (AvgIpc) is 2.28. The Balaban J connectivity index is 3.22. The van der Waals surface area contributed by atoms with Gasteiger partial charge in [0.05, 0.1) is 18.5 Å². The van der Waals surface area contributed by atoms with Gasteiger partial charge in [0.15, 0.2) is 9.84 Å². The zero-order valence-electron chi connectivity index (χ0n) is 11.4. The molecule has 102 valence electrons. The van der Waals surface area contributed by atoms with Gasteiger partial charge >= 0.3 is 0 Å². The van der Waals surface area contributed by atoms with E-state index in [0.29, 0.717) is 5.56 Å². The van der Waals surface area contributed by atoms with Crippen molar-refractivity contribution in [3.63, 3.8) is 0 Å². The molecule has 0 saturated carbocycles. The minimum absolute atomic E-state index is 0.631. The molecule has 2 unspecified atom stereocenters. The molecule has 1 aromatic rings. The molecule has 4 nitrogen and oxygen atoms in total. The highest BCUT2D eigenvalue weighted by Crippen LogP contribution is 2.29. The second-order valence-corrected chi connectivity index (χ2v) is 7.06. The van der Waals surface area contributed by atoms with E-state index in [0.717, 1.165) is 23.1 Å². The molecule has 0 spiro atoms. The van der Waals surface area contributed by atoms with E-state index in [2.05, 4.69) is 0 Å². The highest BCUT2D eigenvalue weighted by molar-refractivity contribution is 7.91. The first-order chi connectivity index (χ1) is 8.18. The van der Waals surface area contributed by atoms with Crippen LogP contribution in [0.4, 0.5) is 0 Å². The van der Waals surface area contributed by atoms with Crippen molar-refractivity contribution in [2.24, 2.45) is 0 Å². The lowest BCUT2D eigenvalue weighted by Crippen LogP contribution is -2.25. The molecule has 0 radical (unpaired) electrons. The molecule has 1 rings (SSSR count). The molecule has 0 aliphatic heterocycles. The Hall–Kier alpha value is -1.07. The molecular formula is C13H20O4S. The predicted octanol–water partition coefficient (Wildman–Crippen LogP) is 1.78. The fourth-order valence-corrected chi connectivity index (χ4v) is 2.45. The molecule has 0 amide bonds. The van der Waals surface area contributed by atoms with E-state index in [1.54, 1.807) is 13.2 Å². The van der Waals surface area contributed by atoms with Gasteiger partial charge in [-0.1, -0.05) is 0 Å². The first kappa shape index (κ1) is 15.0. The second kappa shape index (κ2) is 5.28. The topological polar surface area (TPSA) is 63.6 Å². The van der Waals surface area contributed by atoms with Gasteiger partial charge in [-0.25, -0.2) is 8.42 Å². The molecule has 0 aliphatic rings. The van der Waals surface area contributed by atoms with Gasteiger partial charge in [-0.05, 0) is 49.6 Å². The molecule has 0 aromatic heterocycles. The minimum atomic E-state index is -3.28. The third kappa shape index (κ3) is 3.03. The van der Waals surface area contributed by atoms with E-state index >= 15 is 0 Å². The van der Waals surface area contributed by atoms with Gasteiger partial charge in [-0.15, -0.1) is 0 Å². The fourth-order valence-electron chi connectivity index (χ4n) is 1.84. The monoisotopic (exact) mass is 272 g/mol. The predicted molar refractivity (Wildman–Crippen MR) is 71.7 cm³/mol. The largest absolute Gasteiger partial charge is 0.496 e. The summed E-state index contributed by atoms with van der Waals surface area (Å²) < 4.78 is 28.1. The average molecular weight is 272 g/mol. The summed E-state index contributed by atoms with van der Waals surface area (Å²) in [6.45, 7) is 5.20. The normalized spacial score (nSPS) is 15.2. The Bertz CT molecular complexity index is 534. The highest BCUT2D eigenvalue weighted by Gasteiger charge is 2.27. The van der Waals surface area contributed by atoms with Crippen molar-refractivity contribution < 1.29 is 18.3 Å². The van der Waals surface area contributed by atoms with Crippen LogP contribution in [0.3, 0.4) is 0 Å². The quantitative estimate of drug-likeness (QED) is 0.907. The number of rotatable bonds is 4. The summed E-state index contributed by atoms with van der Waals surface area (Å²) in [7, 11) is -1.70. The summed E-state index contributed by atoms with van der Waals surface area (Å²) in [6, 6.07) is 3.59. The zero-order chi connectivity index (χ0) is 14.1. The number of benzene rings is 1. The number of hydrogen-bond donors (Lipinski definition) is 1. The van der Waals surface area contributed by atoms with E-state index in [4.69, 9.17) is 4.74 Å². The van der Waals surface area contributed by atoms with Crippen LogP contribution in [0.15, 0.2) is 12.1 Å². The Kier molecular flexibility index (Phi) is 4.40. The molecule has 1 N–H and O–H groups in total. The van der Waals surface area contributed by atoms with Crippen molar-refractivity contribution in [2.45, 2.75) is 32.1 Å². The van der Waals surface area contributed by atoms with Crippen LogP contribution in [-0.4, -0.2) is 32.1 Å². The minimum Gasteiger partial charge on any atom is -0.496 e. The van der Waals surface area contributed by atoms with Crippen LogP contribution in [0.5, 0.6) is 5.75 Å². The van der Waals surface area contributed by atoms with Gasteiger partial charge < -0.3 is 9.84 Å². The van der Waals surface area contributed by atoms with Crippen molar-refractivity contribution in [3.8, 4) is 5.75 Å². The first-order valence-electron chi connectivity index (χ1n) is 5.70. The summed E-state index contributed by atoms with van der Waals surface area (Å²) in [5, 5.41) is 9.34. The highest BCUT2D eigenvalue weighted by atomic mass is 32.2. The second-order valence-electron chi connectivity index (χ2n) is 4.66. The number of methoxy groups -OCH3 is 1. The zero-order valence-corrected chi connectivity index (χ0v) is 12.2. The molecule has 0 bridgehead atoms. The Morgan fingerprint density at radius 3 is 2.22 bits per heavy atom. The Morgan fingerprint density at radius 2 is 1.78 bits per heavy atom. The third-order valence-corrected chi connectivity index (χ3v) is 4.83. The first-order valence-corrected chi connectivity index (χ1v) is 7.66. The van der Waals surface area contributed by atoms with Crippen molar-refractivity contribution in [1.29, 1.82) is 0 Å². The van der Waals surface area contributed by atoms with Crippen molar-refractivity contribution in [1.82, 2.24) is 0 Å². The van der Waals surface area contributed by atoms with E-state index in [1.165, 1.54) is 6.92 Å². The van der Waals surface area contributed by atoms with Gasteiger partial charge in [0.2, 0.25) is 0 Å². The van der Waals surface area contributed by atoms with Crippen LogP contribution in [0, 0.1) is 13.8 Å². The maximum Gasteiger partial charge on any atom is 0.152 e. The molecule has 0 saturated heterocycles. The van der Waals surface area contributed by atoms with Crippen molar-refractivity contribution in [3.05, 3.63) is 28.8 Å². The van der Waals surface area contributed by atoms with Crippen LogP contribution >= 0.6 is 0 Å². The summed E-state index contributed by atoms with van der Waals surface area (Å²) in [4.78, 5) is 0. The third-order valence-electron chi connectivity index (χ3n) is 3.22. The molecular weight excluding hydrogens is 252 g/mol. The van der Waals surface area contributed by atoms with Gasteiger partial charge in [-0.2, -0.15) is 0 Å². The standard InChI is InChI=1S/C13H20O4S/c1-8-7-12(17-4)9(2)6-11(8)13(14)10(3)18(5,15)16/h6-7,10,13-14H,1-5H3. The number of aliphatic hydroxyl groups excluding tert-OH is 1. The van der Waals surface area contributed by atoms with Crippen LogP contribution in [0.1, 0.15) is 29.7 Å². The van der Waals surface area contributed by atoms with Crippen LogP contribution in [0.2, 0.25) is 0 Å². The van der Waals surface area contributed by atoms with Gasteiger partial charge in [0.1, 0.15) is 5.75 Å². The molecule has 5 heteroatoms. The summed E-state index contributed by atoms with van der Waals surface area (Å²) >= 11 is 0. The number of aliphatic hydroxyl groups is 1. The van der Waals surface area contributed by atoms with E-state index in [1.807, 2.05) is 19.9 Å². The molecule has 0 heterocycles. The summed E-state index contributed by atoms with van der Waals surface area (Å²) in [5.74, 6) is 0.732. The lowest BCUT2D eigenvalue weighted by Gasteiger charge is -2.21. The van der Waals surface area contributed by atoms with Crippen LogP contribution in [-0.2, 0) is 9.84 Å². The number of hydrogen-bond acceptors (Lipinski definition) is 4. The SMILES string of the molecule is COc1cc(C)c(C(O)C(C)S(C)(=O)=O)cc1C. The van der Waals surface area contributed by atoms with E-state index in [-0.39, 0.29) is 0 Å². The smallest absolute Gasteiger partial charge is 0.152 e. The van der Waals surface area contributed by atoms with Crippen LogP contribution in [0.25, 0.3) is 0 Å². The van der Waals surface area contributed by atoms with E-state index < -0.39 is 21.2 Å². The van der Waals surface area contributed by atoms with Crippen molar-refractivity contribution in [2.75, 3.05) is 13.4 Å². The lowest BCUT2D eigenvalue weighted by molar-refractivity contribution is 0.175. The molecule has 18 heavy (non-hydrogen) atoms. The Labute approximate surface area is 109 Å². The van der Waals surface area contributed by atoms with Crippen molar-refractivity contribution >= 4 is 9.84 Å². The summed E-state index contributed by atoms with van der Waals surface area (Å²) in [5.41, 5.74) is 2.32. The maximum absolute atomic E-state index is 11.5. The van der Waals surface area contributed by atoms with E-state index in [9.17, 15) is 13.5 Å². The Morgan fingerprint density at radius 1 is 1.22 bits per heavy atom. The molecule has 0 fully saturated rings. The van der Waals surface area contributed by atoms with Gasteiger partial charge in [0.25, 0.3) is 0 Å². The molecule has 2 atom stereocenters. The molecule has 1 aromatic carbocycles. The van der Waals surface area contributed by atoms with Gasteiger partial charge in [-0.3, -0.25) is 0 Å². The number of aryl methyl sites for hydroxylation is 2. The van der Waals surface area contributed by atoms with Gasteiger partial charge in [0, 0.05) is 6.26 Å². The maximum atomic E-state index is 11.5. The summed E-state index contributed by atoms with van der Waals surface area (Å²) in [6.07, 6.45) is 0.108. The fraction of sp³-hybridized carbons (Fsp3) is 0.538.